The predicted molar refractivity (Wildman–Crippen MR) is 91.3 cm³/mol. The first-order chi connectivity index (χ1) is 9.13. The van der Waals surface area contributed by atoms with Crippen molar-refractivity contribution in [2.75, 3.05) is 7.05 Å². The van der Waals surface area contributed by atoms with Gasteiger partial charge in [-0.25, -0.2) is 0 Å². The molecule has 0 saturated heterocycles. The Hall–Kier alpha value is -0.460. The molecule has 0 spiro atoms. The van der Waals surface area contributed by atoms with E-state index in [-0.39, 0.29) is 6.04 Å². The Labute approximate surface area is 136 Å². The number of pyridine rings is 1. The van der Waals surface area contributed by atoms with Gasteiger partial charge in [-0.2, -0.15) is 0 Å². The first kappa shape index (κ1) is 14.9. The van der Waals surface area contributed by atoms with Crippen LogP contribution in [0.4, 0.5) is 0 Å². The van der Waals surface area contributed by atoms with Crippen molar-refractivity contribution in [3.05, 3.63) is 61.9 Å². The molecular formula is C15H16BrIN2. The van der Waals surface area contributed by atoms with E-state index in [2.05, 4.69) is 86.1 Å². The van der Waals surface area contributed by atoms with Gasteiger partial charge in [0.1, 0.15) is 0 Å². The highest BCUT2D eigenvalue weighted by Gasteiger charge is 2.21. The lowest BCUT2D eigenvalue weighted by molar-refractivity contribution is 0.505. The highest BCUT2D eigenvalue weighted by Crippen LogP contribution is 2.34. The third-order valence-corrected chi connectivity index (χ3v) is 4.73. The van der Waals surface area contributed by atoms with Crippen LogP contribution in [0.2, 0.25) is 0 Å². The SMILES string of the molecule is CNC(c1cc(I)ccc1Br)C(C)c1ccncc1. The first-order valence-electron chi connectivity index (χ1n) is 6.15. The van der Waals surface area contributed by atoms with E-state index in [0.29, 0.717) is 5.92 Å². The van der Waals surface area contributed by atoms with Gasteiger partial charge in [-0.15, -0.1) is 0 Å². The van der Waals surface area contributed by atoms with Crippen molar-refractivity contribution in [3.8, 4) is 0 Å². The quantitative estimate of drug-likeness (QED) is 0.721. The summed E-state index contributed by atoms with van der Waals surface area (Å²) in [5.74, 6) is 0.377. The molecule has 2 rings (SSSR count). The van der Waals surface area contributed by atoms with Crippen molar-refractivity contribution in [3.63, 3.8) is 0 Å². The van der Waals surface area contributed by atoms with Crippen LogP contribution >= 0.6 is 38.5 Å². The maximum Gasteiger partial charge on any atom is 0.0396 e. The zero-order valence-corrected chi connectivity index (χ0v) is 14.6. The number of likely N-dealkylation sites (N-methyl/N-ethyl adjacent to an activating group) is 1. The van der Waals surface area contributed by atoms with E-state index in [9.17, 15) is 0 Å². The molecule has 100 valence electrons. The topological polar surface area (TPSA) is 24.9 Å². The summed E-state index contributed by atoms with van der Waals surface area (Å²) in [6.07, 6.45) is 3.70. The zero-order chi connectivity index (χ0) is 13.8. The summed E-state index contributed by atoms with van der Waals surface area (Å²) < 4.78 is 2.39. The Balaban J connectivity index is 2.37. The molecule has 1 aromatic carbocycles. The summed E-state index contributed by atoms with van der Waals surface area (Å²) in [4.78, 5) is 4.09. The molecule has 0 fully saturated rings. The van der Waals surface area contributed by atoms with Crippen molar-refractivity contribution in [1.29, 1.82) is 0 Å². The maximum absolute atomic E-state index is 4.09. The second-order valence-corrected chi connectivity index (χ2v) is 6.60. The molecule has 1 heterocycles. The Morgan fingerprint density at radius 2 is 1.89 bits per heavy atom. The minimum absolute atomic E-state index is 0.270. The Bertz CT molecular complexity index is 545. The monoisotopic (exact) mass is 430 g/mol. The first-order valence-corrected chi connectivity index (χ1v) is 8.02. The van der Waals surface area contributed by atoms with E-state index >= 15 is 0 Å². The molecule has 0 bridgehead atoms. The molecule has 4 heteroatoms. The van der Waals surface area contributed by atoms with Gasteiger partial charge in [0.05, 0.1) is 0 Å². The second-order valence-electron chi connectivity index (χ2n) is 4.50. The summed E-state index contributed by atoms with van der Waals surface area (Å²) in [5, 5.41) is 3.43. The van der Waals surface area contributed by atoms with Gasteiger partial charge in [-0.05, 0) is 71.1 Å². The summed E-state index contributed by atoms with van der Waals surface area (Å²) in [6, 6.07) is 10.9. The van der Waals surface area contributed by atoms with Crippen LogP contribution < -0.4 is 5.32 Å². The molecule has 0 aliphatic heterocycles. The summed E-state index contributed by atoms with van der Waals surface area (Å²) >= 11 is 6.01. The number of rotatable bonds is 4. The molecule has 19 heavy (non-hydrogen) atoms. The molecule has 2 nitrogen and oxygen atoms in total. The van der Waals surface area contributed by atoms with Gasteiger partial charge in [0.2, 0.25) is 0 Å². The molecular weight excluding hydrogens is 415 g/mol. The van der Waals surface area contributed by atoms with Gasteiger partial charge >= 0.3 is 0 Å². The molecule has 0 radical (unpaired) electrons. The Morgan fingerprint density at radius 3 is 2.53 bits per heavy atom. The molecule has 2 unspecified atom stereocenters. The van der Waals surface area contributed by atoms with Gasteiger partial charge in [0.15, 0.2) is 0 Å². The van der Waals surface area contributed by atoms with E-state index in [1.807, 2.05) is 19.4 Å². The summed E-state index contributed by atoms with van der Waals surface area (Å²) in [6.45, 7) is 2.24. The van der Waals surface area contributed by atoms with Crippen LogP contribution in [0, 0.1) is 3.57 Å². The average Bonchev–Trinajstić information content (AvgIpc) is 2.44. The number of hydrogen-bond acceptors (Lipinski definition) is 2. The highest BCUT2D eigenvalue weighted by atomic mass is 127. The van der Waals surface area contributed by atoms with Crippen molar-refractivity contribution in [1.82, 2.24) is 10.3 Å². The largest absolute Gasteiger partial charge is 0.312 e. The predicted octanol–water partition coefficient (Wildman–Crippen LogP) is 4.51. The lowest BCUT2D eigenvalue weighted by atomic mass is 9.89. The third kappa shape index (κ3) is 3.55. The van der Waals surface area contributed by atoms with E-state index in [4.69, 9.17) is 0 Å². The number of aromatic nitrogens is 1. The lowest BCUT2D eigenvalue weighted by Crippen LogP contribution is -2.22. The molecule has 0 aliphatic carbocycles. The summed E-state index contributed by atoms with van der Waals surface area (Å²) in [5.41, 5.74) is 2.58. The van der Waals surface area contributed by atoms with Crippen LogP contribution in [0.1, 0.15) is 30.0 Å². The molecule has 2 aromatic rings. The van der Waals surface area contributed by atoms with Crippen molar-refractivity contribution >= 4 is 38.5 Å². The van der Waals surface area contributed by atoms with Gasteiger partial charge in [-0.1, -0.05) is 22.9 Å². The number of hydrogen-bond donors (Lipinski definition) is 1. The minimum atomic E-state index is 0.270. The Morgan fingerprint density at radius 1 is 1.21 bits per heavy atom. The van der Waals surface area contributed by atoms with E-state index in [0.717, 1.165) is 4.47 Å². The fourth-order valence-electron chi connectivity index (χ4n) is 2.29. The van der Waals surface area contributed by atoms with Crippen molar-refractivity contribution in [2.24, 2.45) is 0 Å². The van der Waals surface area contributed by atoms with E-state index in [1.165, 1.54) is 14.7 Å². The number of nitrogens with zero attached hydrogens (tertiary/aromatic N) is 1. The number of nitrogens with one attached hydrogen (secondary N) is 1. The minimum Gasteiger partial charge on any atom is -0.312 e. The standard InChI is InChI=1S/C15H16BrIN2/c1-10(11-5-7-19-8-6-11)15(18-2)13-9-12(17)3-4-14(13)16/h3-10,15,18H,1-2H3. The molecule has 1 aromatic heterocycles. The molecule has 2 atom stereocenters. The molecule has 1 N–H and O–H groups in total. The number of halogens is 2. The van der Waals surface area contributed by atoms with Gasteiger partial charge in [-0.3, -0.25) is 4.98 Å². The molecule has 0 saturated carbocycles. The van der Waals surface area contributed by atoms with E-state index < -0.39 is 0 Å². The van der Waals surface area contributed by atoms with Crippen LogP contribution in [0.5, 0.6) is 0 Å². The fraction of sp³-hybridized carbons (Fsp3) is 0.267. The van der Waals surface area contributed by atoms with Gasteiger partial charge < -0.3 is 5.32 Å². The van der Waals surface area contributed by atoms with Crippen molar-refractivity contribution < 1.29 is 0 Å². The second kappa shape index (κ2) is 6.81. The zero-order valence-electron chi connectivity index (χ0n) is 10.9. The van der Waals surface area contributed by atoms with E-state index in [1.54, 1.807) is 0 Å². The van der Waals surface area contributed by atoms with Crippen LogP contribution in [-0.4, -0.2) is 12.0 Å². The van der Waals surface area contributed by atoms with Crippen LogP contribution in [0.25, 0.3) is 0 Å². The maximum atomic E-state index is 4.09. The molecule has 0 amide bonds. The average molecular weight is 431 g/mol. The van der Waals surface area contributed by atoms with Crippen LogP contribution in [-0.2, 0) is 0 Å². The van der Waals surface area contributed by atoms with Crippen LogP contribution in [0.15, 0.2) is 47.2 Å². The Kier molecular flexibility index (Phi) is 5.36. The summed E-state index contributed by atoms with van der Waals surface area (Å²) in [7, 11) is 2.01. The third-order valence-electron chi connectivity index (χ3n) is 3.34. The van der Waals surface area contributed by atoms with Crippen LogP contribution in [0.3, 0.4) is 0 Å². The van der Waals surface area contributed by atoms with Gasteiger partial charge in [0.25, 0.3) is 0 Å². The smallest absolute Gasteiger partial charge is 0.0396 e. The number of benzene rings is 1. The van der Waals surface area contributed by atoms with Gasteiger partial charge in [0, 0.05) is 32.4 Å². The lowest BCUT2D eigenvalue weighted by Gasteiger charge is -2.25. The fourth-order valence-corrected chi connectivity index (χ4v) is 3.30. The normalized spacial score (nSPS) is 14.1. The molecule has 0 aliphatic rings. The van der Waals surface area contributed by atoms with Crippen molar-refractivity contribution in [2.45, 2.75) is 18.9 Å². The highest BCUT2D eigenvalue weighted by molar-refractivity contribution is 14.1.